The maximum Gasteiger partial charge on any atom is 0.103 e. The first kappa shape index (κ1) is 9.96. The Kier molecular flexibility index (Phi) is 1.84. The van der Waals surface area contributed by atoms with Crippen molar-refractivity contribution in [2.24, 2.45) is 10.8 Å². The number of hydrogen-bond acceptors (Lipinski definition) is 3. The highest BCUT2D eigenvalue weighted by Crippen LogP contribution is 2.61. The molecule has 0 heterocycles. The Morgan fingerprint density at radius 2 is 1.42 bits per heavy atom. The van der Waals surface area contributed by atoms with Gasteiger partial charge in [-0.3, -0.25) is 0 Å². The fourth-order valence-electron chi connectivity index (χ4n) is 2.51. The van der Waals surface area contributed by atoms with Crippen LogP contribution in [0.3, 0.4) is 0 Å². The molecule has 0 radical (unpaired) electrons. The quantitative estimate of drug-likeness (QED) is 0.530. The van der Waals surface area contributed by atoms with Gasteiger partial charge in [0.05, 0.1) is 12.7 Å². The van der Waals surface area contributed by atoms with Crippen LogP contribution in [0.25, 0.3) is 0 Å². The molecule has 0 aliphatic heterocycles. The molecule has 1 rings (SSSR count). The Morgan fingerprint density at radius 1 is 1.08 bits per heavy atom. The normalized spacial score (nSPS) is 43.8. The van der Waals surface area contributed by atoms with E-state index < -0.39 is 22.5 Å². The lowest BCUT2D eigenvalue weighted by molar-refractivity contribution is -0.329. The third-order valence-electron chi connectivity index (χ3n) is 3.73. The lowest BCUT2D eigenvalue weighted by atomic mass is 9.43. The molecule has 0 bridgehead atoms. The van der Waals surface area contributed by atoms with Gasteiger partial charge in [0, 0.05) is 10.8 Å². The second kappa shape index (κ2) is 2.22. The fraction of sp³-hybridized carbons (Fsp3) is 1.00. The molecule has 0 spiro atoms. The largest absolute Gasteiger partial charge is 0.393 e. The minimum atomic E-state index is -1.17. The van der Waals surface area contributed by atoms with Gasteiger partial charge in [0.25, 0.3) is 0 Å². The van der Waals surface area contributed by atoms with Gasteiger partial charge in [0.1, 0.15) is 5.60 Å². The van der Waals surface area contributed by atoms with Crippen LogP contribution in [-0.4, -0.2) is 33.6 Å². The zero-order chi connectivity index (χ0) is 9.78. The predicted octanol–water partition coefficient (Wildman–Crippen LogP) is 0.137. The summed E-state index contributed by atoms with van der Waals surface area (Å²) in [4.78, 5) is 0. The molecular formula is C9H18O3. The van der Waals surface area contributed by atoms with Crippen molar-refractivity contribution < 1.29 is 15.3 Å². The van der Waals surface area contributed by atoms with Crippen LogP contribution in [0.15, 0.2) is 0 Å². The standard InChI is InChI=1S/C9H18O3/c1-7(2)6(11)8(3,4)9(7,12)5-10/h6,10-12H,5H2,1-4H3. The van der Waals surface area contributed by atoms with E-state index in [0.717, 1.165) is 0 Å². The average molecular weight is 174 g/mol. The molecule has 0 atom stereocenters. The Balaban J connectivity index is 3.02. The van der Waals surface area contributed by atoms with Gasteiger partial charge >= 0.3 is 0 Å². The fourth-order valence-corrected chi connectivity index (χ4v) is 2.51. The second-order valence-corrected chi connectivity index (χ2v) is 4.86. The molecule has 12 heavy (non-hydrogen) atoms. The number of rotatable bonds is 1. The minimum Gasteiger partial charge on any atom is -0.393 e. The summed E-state index contributed by atoms with van der Waals surface area (Å²) >= 11 is 0. The average Bonchev–Trinajstić information content (AvgIpc) is 2.00. The van der Waals surface area contributed by atoms with E-state index in [9.17, 15) is 10.2 Å². The van der Waals surface area contributed by atoms with Crippen LogP contribution < -0.4 is 0 Å². The number of aliphatic hydroxyl groups is 3. The van der Waals surface area contributed by atoms with Gasteiger partial charge in [-0.15, -0.1) is 0 Å². The monoisotopic (exact) mass is 174 g/mol. The number of aliphatic hydroxyl groups excluding tert-OH is 2. The molecule has 3 nitrogen and oxygen atoms in total. The van der Waals surface area contributed by atoms with Gasteiger partial charge in [-0.1, -0.05) is 27.7 Å². The summed E-state index contributed by atoms with van der Waals surface area (Å²) in [5.74, 6) is 0. The van der Waals surface area contributed by atoms with Crippen molar-refractivity contribution in [2.45, 2.75) is 39.4 Å². The van der Waals surface area contributed by atoms with Crippen LogP contribution in [-0.2, 0) is 0 Å². The van der Waals surface area contributed by atoms with E-state index in [-0.39, 0.29) is 6.61 Å². The second-order valence-electron chi connectivity index (χ2n) is 4.86. The van der Waals surface area contributed by atoms with E-state index in [0.29, 0.717) is 0 Å². The third kappa shape index (κ3) is 0.721. The van der Waals surface area contributed by atoms with Gasteiger partial charge in [0.15, 0.2) is 0 Å². The molecular weight excluding hydrogens is 156 g/mol. The zero-order valence-electron chi connectivity index (χ0n) is 8.13. The van der Waals surface area contributed by atoms with Gasteiger partial charge in [-0.2, -0.15) is 0 Å². The molecule has 0 aromatic carbocycles. The van der Waals surface area contributed by atoms with Crippen molar-refractivity contribution >= 4 is 0 Å². The summed E-state index contributed by atoms with van der Waals surface area (Å²) in [6.07, 6.45) is -0.567. The summed E-state index contributed by atoms with van der Waals surface area (Å²) in [5, 5.41) is 28.8. The van der Waals surface area contributed by atoms with Crippen LogP contribution in [0.4, 0.5) is 0 Å². The van der Waals surface area contributed by atoms with Crippen LogP contribution in [0, 0.1) is 10.8 Å². The highest BCUT2D eigenvalue weighted by Gasteiger charge is 2.71. The summed E-state index contributed by atoms with van der Waals surface area (Å²) in [6.45, 7) is 6.75. The Bertz CT molecular complexity index is 180. The highest BCUT2D eigenvalue weighted by molar-refractivity contribution is 5.20. The maximum absolute atomic E-state index is 10.0. The van der Waals surface area contributed by atoms with Crippen molar-refractivity contribution in [1.29, 1.82) is 0 Å². The number of hydrogen-bond donors (Lipinski definition) is 3. The van der Waals surface area contributed by atoms with Crippen molar-refractivity contribution in [3.05, 3.63) is 0 Å². The zero-order valence-corrected chi connectivity index (χ0v) is 8.13. The molecule has 0 aromatic rings. The first-order valence-corrected chi connectivity index (χ1v) is 4.23. The molecule has 3 heteroatoms. The Labute approximate surface area is 73.0 Å². The molecule has 0 saturated heterocycles. The lowest BCUT2D eigenvalue weighted by Crippen LogP contribution is -2.78. The van der Waals surface area contributed by atoms with Crippen molar-refractivity contribution in [1.82, 2.24) is 0 Å². The molecule has 3 N–H and O–H groups in total. The SMILES string of the molecule is CC1(C)C(O)C(C)(C)C1(O)CO. The van der Waals surface area contributed by atoms with Crippen LogP contribution in [0.2, 0.25) is 0 Å². The van der Waals surface area contributed by atoms with Crippen LogP contribution >= 0.6 is 0 Å². The van der Waals surface area contributed by atoms with E-state index in [1.165, 1.54) is 0 Å². The first-order valence-electron chi connectivity index (χ1n) is 4.23. The summed E-state index contributed by atoms with van der Waals surface area (Å²) < 4.78 is 0. The predicted molar refractivity (Wildman–Crippen MR) is 45.6 cm³/mol. The van der Waals surface area contributed by atoms with Crippen molar-refractivity contribution in [3.8, 4) is 0 Å². The van der Waals surface area contributed by atoms with E-state index in [1.54, 1.807) is 27.7 Å². The van der Waals surface area contributed by atoms with E-state index in [1.807, 2.05) is 0 Å². The van der Waals surface area contributed by atoms with Gasteiger partial charge in [-0.25, -0.2) is 0 Å². The molecule has 1 saturated carbocycles. The van der Waals surface area contributed by atoms with Crippen LogP contribution in [0.5, 0.6) is 0 Å². The van der Waals surface area contributed by atoms with E-state index >= 15 is 0 Å². The Hall–Kier alpha value is -0.120. The lowest BCUT2D eigenvalue weighted by Gasteiger charge is -2.67. The molecule has 1 fully saturated rings. The van der Waals surface area contributed by atoms with Gasteiger partial charge in [-0.05, 0) is 0 Å². The summed E-state index contributed by atoms with van der Waals surface area (Å²) in [7, 11) is 0. The molecule has 0 amide bonds. The third-order valence-corrected chi connectivity index (χ3v) is 3.73. The smallest absolute Gasteiger partial charge is 0.103 e. The molecule has 0 aromatic heterocycles. The topological polar surface area (TPSA) is 60.7 Å². The summed E-state index contributed by atoms with van der Waals surface area (Å²) in [5.41, 5.74) is -2.41. The van der Waals surface area contributed by atoms with Gasteiger partial charge < -0.3 is 15.3 Å². The maximum atomic E-state index is 10.0. The minimum absolute atomic E-state index is 0.302. The van der Waals surface area contributed by atoms with Crippen molar-refractivity contribution in [3.63, 3.8) is 0 Å². The first-order chi connectivity index (χ1) is 5.22. The molecule has 1 aliphatic carbocycles. The molecule has 1 aliphatic rings. The molecule has 0 unspecified atom stereocenters. The molecule has 72 valence electrons. The van der Waals surface area contributed by atoms with Crippen molar-refractivity contribution in [2.75, 3.05) is 6.61 Å². The Morgan fingerprint density at radius 3 is 1.58 bits per heavy atom. The van der Waals surface area contributed by atoms with Gasteiger partial charge in [0.2, 0.25) is 0 Å². The summed E-state index contributed by atoms with van der Waals surface area (Å²) in [6, 6.07) is 0. The van der Waals surface area contributed by atoms with Crippen LogP contribution in [0.1, 0.15) is 27.7 Å². The highest BCUT2D eigenvalue weighted by atomic mass is 16.4. The van der Waals surface area contributed by atoms with E-state index in [2.05, 4.69) is 0 Å². The van der Waals surface area contributed by atoms with E-state index in [4.69, 9.17) is 5.11 Å².